The van der Waals surface area contributed by atoms with Gasteiger partial charge in [-0.3, -0.25) is 10.1 Å². The lowest BCUT2D eigenvalue weighted by atomic mass is 10.1. The Bertz CT molecular complexity index is 1180. The monoisotopic (exact) mass is 377 g/mol. The van der Waals surface area contributed by atoms with Gasteiger partial charge in [-0.1, -0.05) is 6.07 Å². The summed E-state index contributed by atoms with van der Waals surface area (Å²) in [6.07, 6.45) is 1.57. The largest absolute Gasteiger partial charge is 0.443 e. The van der Waals surface area contributed by atoms with Gasteiger partial charge in [0, 0.05) is 17.5 Å². The fraction of sp³-hybridized carbons (Fsp3) is 0.0556. The molecule has 0 amide bonds. The molecule has 1 N–H and O–H groups in total. The van der Waals surface area contributed by atoms with Gasteiger partial charge in [-0.15, -0.1) is 11.3 Å². The number of non-ortho nitro benzene ring substituents is 1. The summed E-state index contributed by atoms with van der Waals surface area (Å²) < 4.78 is 5.47. The molecular weight excluding hydrogens is 366 g/mol. The van der Waals surface area contributed by atoms with Crippen molar-refractivity contribution in [1.82, 2.24) is 9.97 Å². The summed E-state index contributed by atoms with van der Waals surface area (Å²) in [6.45, 7) is 0.366. The molecule has 0 aliphatic carbocycles. The number of fused-ring (bicyclic) bond motifs is 1. The second-order valence-electron chi connectivity index (χ2n) is 5.60. The number of nitrogens with one attached hydrogen (secondary N) is 1. The van der Waals surface area contributed by atoms with E-state index in [0.29, 0.717) is 40.4 Å². The lowest BCUT2D eigenvalue weighted by Crippen LogP contribution is -2.02. The molecule has 0 saturated carbocycles. The Morgan fingerprint density at radius 2 is 2.19 bits per heavy atom. The van der Waals surface area contributed by atoms with E-state index in [1.165, 1.54) is 18.2 Å². The highest BCUT2D eigenvalue weighted by atomic mass is 32.1. The van der Waals surface area contributed by atoms with E-state index in [1.54, 1.807) is 23.7 Å². The number of oxazole rings is 1. The van der Waals surface area contributed by atoms with Crippen molar-refractivity contribution >= 4 is 33.7 Å². The molecule has 0 fully saturated rings. The van der Waals surface area contributed by atoms with E-state index in [0.717, 1.165) is 4.88 Å². The number of nitro groups is 1. The first-order valence-corrected chi connectivity index (χ1v) is 8.73. The summed E-state index contributed by atoms with van der Waals surface area (Å²) in [6, 6.07) is 11.7. The molecule has 132 valence electrons. The maximum atomic E-state index is 10.9. The van der Waals surface area contributed by atoms with E-state index < -0.39 is 4.92 Å². The van der Waals surface area contributed by atoms with Crippen LogP contribution in [-0.2, 0) is 6.54 Å². The number of thiophene rings is 1. The number of anilines is 1. The van der Waals surface area contributed by atoms with Gasteiger partial charge in [0.1, 0.15) is 12.1 Å². The Balaban J connectivity index is 1.58. The Hall–Kier alpha value is -3.77. The number of aromatic nitrogens is 2. The molecule has 0 bridgehead atoms. The highest BCUT2D eigenvalue weighted by Gasteiger charge is 2.12. The first-order chi connectivity index (χ1) is 13.1. The SMILES string of the molecule is N#Cc1cc(NCc2coc(-c3cccs3)n2)nc2ccc([N+](=O)[O-])cc12. The van der Waals surface area contributed by atoms with Crippen LogP contribution >= 0.6 is 11.3 Å². The van der Waals surface area contributed by atoms with Gasteiger partial charge in [0.15, 0.2) is 0 Å². The molecule has 9 heteroatoms. The molecule has 4 rings (SSSR count). The molecule has 3 aromatic heterocycles. The number of nitriles is 1. The minimum atomic E-state index is -0.498. The summed E-state index contributed by atoms with van der Waals surface area (Å²) in [5.41, 5.74) is 1.43. The molecule has 0 unspecified atom stereocenters. The zero-order chi connectivity index (χ0) is 18.8. The second kappa shape index (κ2) is 6.86. The van der Waals surface area contributed by atoms with Crippen molar-refractivity contribution in [3.63, 3.8) is 0 Å². The maximum absolute atomic E-state index is 10.9. The summed E-state index contributed by atoms with van der Waals surface area (Å²) in [5, 5.41) is 25.8. The predicted octanol–water partition coefficient (Wildman–Crippen LogP) is 4.34. The van der Waals surface area contributed by atoms with E-state index >= 15 is 0 Å². The van der Waals surface area contributed by atoms with E-state index in [2.05, 4.69) is 21.4 Å². The normalized spacial score (nSPS) is 10.6. The minimum absolute atomic E-state index is 0.0785. The summed E-state index contributed by atoms with van der Waals surface area (Å²) in [5.74, 6) is 1.03. The van der Waals surface area contributed by atoms with E-state index in [-0.39, 0.29) is 5.69 Å². The second-order valence-corrected chi connectivity index (χ2v) is 6.55. The number of rotatable bonds is 5. The van der Waals surface area contributed by atoms with Crippen molar-refractivity contribution in [2.75, 3.05) is 5.32 Å². The molecule has 4 aromatic rings. The summed E-state index contributed by atoms with van der Waals surface area (Å²) in [4.78, 5) is 20.2. The van der Waals surface area contributed by atoms with E-state index in [4.69, 9.17) is 4.42 Å². The maximum Gasteiger partial charge on any atom is 0.270 e. The van der Waals surface area contributed by atoms with Crippen molar-refractivity contribution < 1.29 is 9.34 Å². The number of hydrogen-bond donors (Lipinski definition) is 1. The standard InChI is InChI=1S/C18H11N5O3S/c19-8-11-6-17(22-15-4-3-13(23(24)25)7-14(11)15)20-9-12-10-26-18(21-12)16-2-1-5-27-16/h1-7,10H,9H2,(H,20,22). The van der Waals surface area contributed by atoms with E-state index in [9.17, 15) is 15.4 Å². The van der Waals surface area contributed by atoms with Crippen molar-refractivity contribution in [3.8, 4) is 16.8 Å². The van der Waals surface area contributed by atoms with Crippen LogP contribution in [0.2, 0.25) is 0 Å². The predicted molar refractivity (Wildman–Crippen MR) is 100 cm³/mol. The van der Waals surface area contributed by atoms with Crippen LogP contribution in [0.5, 0.6) is 0 Å². The van der Waals surface area contributed by atoms with Gasteiger partial charge in [-0.05, 0) is 23.6 Å². The number of hydrogen-bond acceptors (Lipinski definition) is 8. The van der Waals surface area contributed by atoms with Gasteiger partial charge in [0.25, 0.3) is 5.69 Å². The van der Waals surface area contributed by atoms with Crippen molar-refractivity contribution in [2.24, 2.45) is 0 Å². The van der Waals surface area contributed by atoms with Crippen LogP contribution in [0.4, 0.5) is 11.5 Å². The fourth-order valence-corrected chi connectivity index (χ4v) is 3.25. The Labute approximate surface area is 156 Å². The third-order valence-electron chi connectivity index (χ3n) is 3.86. The van der Waals surface area contributed by atoms with Gasteiger partial charge in [0.05, 0.1) is 39.2 Å². The first kappa shape index (κ1) is 16.7. The van der Waals surface area contributed by atoms with Crippen LogP contribution in [0, 0.1) is 21.4 Å². The molecular formula is C18H11N5O3S. The van der Waals surface area contributed by atoms with Crippen LogP contribution in [0.1, 0.15) is 11.3 Å². The van der Waals surface area contributed by atoms with Gasteiger partial charge in [-0.2, -0.15) is 5.26 Å². The minimum Gasteiger partial charge on any atom is -0.443 e. The number of nitrogens with zero attached hydrogens (tertiary/aromatic N) is 4. The molecule has 27 heavy (non-hydrogen) atoms. The highest BCUT2D eigenvalue weighted by Crippen LogP contribution is 2.26. The van der Waals surface area contributed by atoms with Crippen molar-refractivity contribution in [3.05, 3.63) is 69.4 Å². The smallest absolute Gasteiger partial charge is 0.270 e. The lowest BCUT2D eigenvalue weighted by Gasteiger charge is -2.06. The van der Waals surface area contributed by atoms with Gasteiger partial charge in [0.2, 0.25) is 5.89 Å². The number of benzene rings is 1. The van der Waals surface area contributed by atoms with Crippen molar-refractivity contribution in [2.45, 2.75) is 6.54 Å². The third kappa shape index (κ3) is 3.33. The Morgan fingerprint density at radius 3 is 2.93 bits per heavy atom. The van der Waals surface area contributed by atoms with Gasteiger partial charge < -0.3 is 9.73 Å². The molecule has 0 saturated heterocycles. The Morgan fingerprint density at radius 1 is 1.30 bits per heavy atom. The first-order valence-electron chi connectivity index (χ1n) is 7.85. The number of pyridine rings is 1. The number of nitro benzene ring substituents is 1. The zero-order valence-corrected chi connectivity index (χ0v) is 14.6. The molecule has 8 nitrogen and oxygen atoms in total. The van der Waals surface area contributed by atoms with Crippen LogP contribution in [0.3, 0.4) is 0 Å². The van der Waals surface area contributed by atoms with Gasteiger partial charge >= 0.3 is 0 Å². The van der Waals surface area contributed by atoms with Crippen LogP contribution in [0.25, 0.3) is 21.7 Å². The fourth-order valence-electron chi connectivity index (χ4n) is 2.59. The summed E-state index contributed by atoms with van der Waals surface area (Å²) in [7, 11) is 0. The average Bonchev–Trinajstić information content (AvgIpc) is 3.36. The van der Waals surface area contributed by atoms with Crippen LogP contribution < -0.4 is 5.32 Å². The molecule has 0 radical (unpaired) electrons. The van der Waals surface area contributed by atoms with Crippen molar-refractivity contribution in [1.29, 1.82) is 5.26 Å². The molecule has 0 aliphatic heterocycles. The topological polar surface area (TPSA) is 118 Å². The zero-order valence-electron chi connectivity index (χ0n) is 13.7. The van der Waals surface area contributed by atoms with E-state index in [1.807, 2.05) is 17.5 Å². The molecule has 0 atom stereocenters. The van der Waals surface area contributed by atoms with Crippen LogP contribution in [0.15, 0.2) is 52.5 Å². The average molecular weight is 377 g/mol. The molecule has 3 heterocycles. The van der Waals surface area contributed by atoms with Gasteiger partial charge in [-0.25, -0.2) is 9.97 Å². The summed E-state index contributed by atoms with van der Waals surface area (Å²) >= 11 is 1.54. The van der Waals surface area contributed by atoms with Crippen LogP contribution in [-0.4, -0.2) is 14.9 Å². The third-order valence-corrected chi connectivity index (χ3v) is 4.72. The highest BCUT2D eigenvalue weighted by molar-refractivity contribution is 7.13. The molecule has 0 spiro atoms. The molecule has 1 aromatic carbocycles. The Kier molecular flexibility index (Phi) is 4.24. The molecule has 0 aliphatic rings. The quantitative estimate of drug-likeness (QED) is 0.406. The lowest BCUT2D eigenvalue weighted by molar-refractivity contribution is -0.384.